The number of hydrogen-bond donors (Lipinski definition) is 3. The van der Waals surface area contributed by atoms with E-state index in [1.807, 2.05) is 109 Å². The predicted molar refractivity (Wildman–Crippen MR) is 179 cm³/mol. The first-order valence-corrected chi connectivity index (χ1v) is 15.2. The molecular weight excluding hydrogens is 632 g/mol. The fourth-order valence-corrected chi connectivity index (χ4v) is 5.19. The van der Waals surface area contributed by atoms with E-state index in [-0.39, 0.29) is 24.3 Å². The number of amides is 2. The van der Waals surface area contributed by atoms with Crippen molar-refractivity contribution in [1.29, 1.82) is 0 Å². The summed E-state index contributed by atoms with van der Waals surface area (Å²) in [5.41, 5.74) is 4.03. The molecule has 7 nitrogen and oxygen atoms in total. The van der Waals surface area contributed by atoms with Gasteiger partial charge in [0.1, 0.15) is 17.5 Å². The van der Waals surface area contributed by atoms with Gasteiger partial charge in [-0.2, -0.15) is 0 Å². The van der Waals surface area contributed by atoms with Crippen LogP contribution >= 0.6 is 15.9 Å². The van der Waals surface area contributed by atoms with Gasteiger partial charge in [0.25, 0.3) is 5.91 Å². The number of carbonyl (C=O) groups is 3. The van der Waals surface area contributed by atoms with Crippen molar-refractivity contribution < 1.29 is 24.2 Å². The van der Waals surface area contributed by atoms with Crippen LogP contribution in [0.5, 0.6) is 11.5 Å². The molecule has 0 fully saturated rings. The number of para-hydroxylation sites is 2. The number of rotatable bonds is 12. The number of hydrogen-bond acceptors (Lipinski definition) is 4. The van der Waals surface area contributed by atoms with Gasteiger partial charge in [-0.1, -0.05) is 107 Å². The van der Waals surface area contributed by atoms with E-state index in [9.17, 15) is 19.5 Å². The second-order valence-electron chi connectivity index (χ2n) is 10.4. The Morgan fingerprint density at radius 3 is 2.13 bits per heavy atom. The second kappa shape index (κ2) is 15.0. The third-order valence-corrected chi connectivity index (χ3v) is 7.64. The number of anilines is 1. The topological polar surface area (TPSA) is 105 Å². The first-order chi connectivity index (χ1) is 21.9. The van der Waals surface area contributed by atoms with Crippen molar-refractivity contribution >= 4 is 39.4 Å². The minimum Gasteiger partial charge on any atom is -0.480 e. The molecule has 8 heteroatoms. The monoisotopic (exact) mass is 662 g/mol. The molecule has 0 spiro atoms. The van der Waals surface area contributed by atoms with Crippen molar-refractivity contribution in [2.75, 3.05) is 5.32 Å². The lowest BCUT2D eigenvalue weighted by Crippen LogP contribution is -2.42. The van der Waals surface area contributed by atoms with Gasteiger partial charge in [0.05, 0.1) is 11.3 Å². The van der Waals surface area contributed by atoms with E-state index < -0.39 is 17.9 Å². The normalized spacial score (nSPS) is 11.3. The minimum atomic E-state index is -1.20. The van der Waals surface area contributed by atoms with Gasteiger partial charge >= 0.3 is 5.97 Å². The maximum absolute atomic E-state index is 13.3. The molecule has 1 atom stereocenters. The summed E-state index contributed by atoms with van der Waals surface area (Å²) in [6, 6.07) is 38.0. The second-order valence-corrected chi connectivity index (χ2v) is 11.3. The summed E-state index contributed by atoms with van der Waals surface area (Å²) in [5.74, 6) is -0.602. The number of aliphatic carboxylic acids is 1. The summed E-state index contributed by atoms with van der Waals surface area (Å²) in [6.45, 7) is 0. The van der Waals surface area contributed by atoms with E-state index in [2.05, 4.69) is 26.6 Å². The smallest absolute Gasteiger partial charge is 0.326 e. The molecule has 0 saturated heterocycles. The first kappa shape index (κ1) is 31.2. The number of carboxylic acid groups (broad SMARTS) is 1. The van der Waals surface area contributed by atoms with E-state index in [1.54, 1.807) is 18.2 Å². The van der Waals surface area contributed by atoms with Crippen molar-refractivity contribution in [1.82, 2.24) is 5.32 Å². The van der Waals surface area contributed by atoms with Gasteiger partial charge in [0, 0.05) is 22.9 Å². The summed E-state index contributed by atoms with van der Waals surface area (Å²) < 4.78 is 6.72. The molecule has 0 aliphatic carbocycles. The zero-order chi connectivity index (χ0) is 31.6. The van der Waals surface area contributed by atoms with Crippen molar-refractivity contribution in [2.24, 2.45) is 0 Å². The Hall–Kier alpha value is -5.21. The lowest BCUT2D eigenvalue weighted by Gasteiger charge is -2.17. The fourth-order valence-electron chi connectivity index (χ4n) is 4.83. The van der Waals surface area contributed by atoms with Gasteiger partial charge in [0.15, 0.2) is 0 Å². The Labute approximate surface area is 270 Å². The number of carboxylic acids is 1. The molecule has 0 radical (unpaired) electrons. The van der Waals surface area contributed by atoms with Gasteiger partial charge in [-0.25, -0.2) is 4.79 Å². The Bertz CT molecular complexity index is 1780. The standard InChI is InChI=1S/C37H31BrN2O5/c38-28-20-21-32(39-35(41)22-17-25-9-3-1-4-10-25)31(24-28)36(42)40-33(37(43)44)23-26-15-18-27(19-16-26)30-13-7-8-14-34(30)45-29-11-5-2-6-12-29/h1-16,18-21,24,33H,17,22-23H2,(H,39,41)(H,40,42)(H,43,44). The van der Waals surface area contributed by atoms with Crippen molar-refractivity contribution in [3.8, 4) is 22.6 Å². The number of ether oxygens (including phenoxy) is 1. The molecule has 3 N–H and O–H groups in total. The SMILES string of the molecule is O=C(CCc1ccccc1)Nc1ccc(Br)cc1C(=O)NC(Cc1ccc(-c2ccccc2Oc2ccccc2)cc1)C(=O)O. The van der Waals surface area contributed by atoms with Crippen LogP contribution < -0.4 is 15.4 Å². The number of carbonyl (C=O) groups excluding carboxylic acids is 2. The maximum Gasteiger partial charge on any atom is 0.326 e. The molecule has 0 aliphatic heterocycles. The molecule has 0 heterocycles. The highest BCUT2D eigenvalue weighted by Crippen LogP contribution is 2.33. The molecule has 0 bridgehead atoms. The summed E-state index contributed by atoms with van der Waals surface area (Å²) in [4.78, 5) is 38.3. The van der Waals surface area contributed by atoms with E-state index in [0.717, 1.165) is 28.0 Å². The van der Waals surface area contributed by atoms with Crippen LogP contribution in [0.25, 0.3) is 11.1 Å². The number of benzene rings is 5. The summed E-state index contributed by atoms with van der Waals surface area (Å²) in [7, 11) is 0. The van der Waals surface area contributed by atoms with E-state index in [1.165, 1.54) is 0 Å². The third kappa shape index (κ3) is 8.68. The maximum atomic E-state index is 13.3. The Kier molecular flexibility index (Phi) is 10.4. The highest BCUT2D eigenvalue weighted by molar-refractivity contribution is 9.10. The lowest BCUT2D eigenvalue weighted by molar-refractivity contribution is -0.139. The zero-order valence-electron chi connectivity index (χ0n) is 24.3. The van der Waals surface area contributed by atoms with E-state index >= 15 is 0 Å². The van der Waals surface area contributed by atoms with Crippen LogP contribution in [0.4, 0.5) is 5.69 Å². The molecule has 0 saturated carbocycles. The molecule has 5 aromatic rings. The van der Waals surface area contributed by atoms with Gasteiger partial charge in [-0.3, -0.25) is 9.59 Å². The quantitative estimate of drug-likeness (QED) is 0.126. The minimum absolute atomic E-state index is 0.0658. The molecule has 0 aromatic heterocycles. The molecule has 2 amide bonds. The predicted octanol–water partition coefficient (Wildman–Crippen LogP) is 7.91. The van der Waals surface area contributed by atoms with Crippen LogP contribution in [0, 0.1) is 0 Å². The average molecular weight is 664 g/mol. The van der Waals surface area contributed by atoms with E-state index in [0.29, 0.717) is 22.3 Å². The molecular formula is C37H31BrN2O5. The molecule has 0 aliphatic rings. The Balaban J connectivity index is 1.26. The summed E-state index contributed by atoms with van der Waals surface area (Å²) in [5, 5.41) is 15.4. The first-order valence-electron chi connectivity index (χ1n) is 14.4. The van der Waals surface area contributed by atoms with Gasteiger partial charge in [-0.15, -0.1) is 0 Å². The van der Waals surface area contributed by atoms with Crippen molar-refractivity contribution in [2.45, 2.75) is 25.3 Å². The highest BCUT2D eigenvalue weighted by atomic mass is 79.9. The Morgan fingerprint density at radius 2 is 1.42 bits per heavy atom. The molecule has 5 rings (SSSR count). The van der Waals surface area contributed by atoms with Gasteiger partial charge < -0.3 is 20.5 Å². The van der Waals surface area contributed by atoms with Crippen LogP contribution in [0.15, 0.2) is 132 Å². The van der Waals surface area contributed by atoms with Gasteiger partial charge in [-0.05, 0) is 59.5 Å². The van der Waals surface area contributed by atoms with Crippen LogP contribution in [0.1, 0.15) is 27.9 Å². The largest absolute Gasteiger partial charge is 0.480 e. The fraction of sp³-hybridized carbons (Fsp3) is 0.108. The van der Waals surface area contributed by atoms with Crippen LogP contribution in [0.3, 0.4) is 0 Å². The van der Waals surface area contributed by atoms with Crippen LogP contribution in [-0.4, -0.2) is 28.9 Å². The summed E-state index contributed by atoms with van der Waals surface area (Å²) >= 11 is 3.37. The Morgan fingerprint density at radius 1 is 0.756 bits per heavy atom. The number of nitrogens with one attached hydrogen (secondary N) is 2. The lowest BCUT2D eigenvalue weighted by atomic mass is 9.99. The van der Waals surface area contributed by atoms with Crippen molar-refractivity contribution in [3.05, 3.63) is 149 Å². The summed E-state index contributed by atoms with van der Waals surface area (Å²) in [6.07, 6.45) is 0.851. The van der Waals surface area contributed by atoms with Crippen molar-refractivity contribution in [3.63, 3.8) is 0 Å². The number of aryl methyl sites for hydroxylation is 1. The molecule has 45 heavy (non-hydrogen) atoms. The van der Waals surface area contributed by atoms with Gasteiger partial charge in [0.2, 0.25) is 5.91 Å². The average Bonchev–Trinajstić information content (AvgIpc) is 3.06. The number of halogens is 1. The highest BCUT2D eigenvalue weighted by Gasteiger charge is 2.23. The van der Waals surface area contributed by atoms with E-state index in [4.69, 9.17) is 4.74 Å². The van der Waals surface area contributed by atoms with Crippen LogP contribution in [0.2, 0.25) is 0 Å². The zero-order valence-corrected chi connectivity index (χ0v) is 25.9. The molecule has 1 unspecified atom stereocenters. The third-order valence-electron chi connectivity index (χ3n) is 7.15. The molecule has 5 aromatic carbocycles. The van der Waals surface area contributed by atoms with Crippen LogP contribution in [-0.2, 0) is 22.4 Å². The molecule has 226 valence electrons.